The highest BCUT2D eigenvalue weighted by Crippen LogP contribution is 2.42. The Balaban J connectivity index is 0.990. The fourth-order valence-electron chi connectivity index (χ4n) is 8.92. The Morgan fingerprint density at radius 1 is 0.283 bits per heavy atom. The normalized spacial score (nSPS) is 11.3. The summed E-state index contributed by atoms with van der Waals surface area (Å²) < 4.78 is 2.42. The highest BCUT2D eigenvalue weighted by atomic mass is 15.1. The molecule has 1 heterocycles. The quantitative estimate of drug-likeness (QED) is 0.150. The molecule has 0 aliphatic rings. The van der Waals surface area contributed by atoms with Gasteiger partial charge in [-0.3, -0.25) is 0 Å². The maximum Gasteiger partial charge on any atom is 0.0547 e. The van der Waals surface area contributed by atoms with Crippen LogP contribution in [0.4, 0.5) is 17.1 Å². The van der Waals surface area contributed by atoms with Crippen LogP contribution in [-0.2, 0) is 0 Å². The monoisotopic (exact) mass is 764 g/mol. The second-order valence-corrected chi connectivity index (χ2v) is 15.3. The van der Waals surface area contributed by atoms with Gasteiger partial charge in [-0.15, -0.1) is 0 Å². The topological polar surface area (TPSA) is 8.17 Å². The molecule has 2 nitrogen and oxygen atoms in total. The number of hydrogen-bond donors (Lipinski definition) is 0. The molecule has 0 N–H and O–H groups in total. The van der Waals surface area contributed by atoms with E-state index >= 15 is 0 Å². The van der Waals surface area contributed by atoms with Crippen molar-refractivity contribution in [3.63, 3.8) is 0 Å². The molecule has 0 bridgehead atoms. The van der Waals surface area contributed by atoms with E-state index in [0.717, 1.165) is 33.9 Å². The molecule has 0 fully saturated rings. The molecule has 0 unspecified atom stereocenters. The van der Waals surface area contributed by atoms with Gasteiger partial charge in [0.25, 0.3) is 0 Å². The molecule has 2 heteroatoms. The Kier molecular flexibility index (Phi) is 8.87. The second-order valence-electron chi connectivity index (χ2n) is 15.3. The Morgan fingerprint density at radius 2 is 0.783 bits per heavy atom. The summed E-state index contributed by atoms with van der Waals surface area (Å²) in [6.45, 7) is 0. The maximum atomic E-state index is 2.42. The third-order valence-electron chi connectivity index (χ3n) is 11.8. The van der Waals surface area contributed by atoms with Crippen LogP contribution in [0, 0.1) is 0 Å². The van der Waals surface area contributed by atoms with E-state index in [1.807, 2.05) is 0 Å². The van der Waals surface area contributed by atoms with Crippen LogP contribution in [0.5, 0.6) is 0 Å². The Bertz CT molecular complexity index is 3170. The molecule has 0 spiro atoms. The Labute approximate surface area is 350 Å². The van der Waals surface area contributed by atoms with Crippen LogP contribution in [0.2, 0.25) is 0 Å². The van der Waals surface area contributed by atoms with Gasteiger partial charge in [0.05, 0.1) is 11.0 Å². The molecule has 1 aromatic heterocycles. The van der Waals surface area contributed by atoms with Crippen LogP contribution in [0.15, 0.2) is 243 Å². The van der Waals surface area contributed by atoms with Crippen LogP contribution in [0.1, 0.15) is 0 Å². The first-order chi connectivity index (χ1) is 29.8. The zero-order valence-corrected chi connectivity index (χ0v) is 33.0. The molecule has 0 aliphatic carbocycles. The third kappa shape index (κ3) is 6.32. The molecule has 0 aliphatic heterocycles. The van der Waals surface area contributed by atoms with Crippen molar-refractivity contribution >= 4 is 49.6 Å². The molecule has 282 valence electrons. The number of benzene rings is 10. The van der Waals surface area contributed by atoms with Crippen molar-refractivity contribution in [1.82, 2.24) is 4.57 Å². The molecule has 0 atom stereocenters. The SMILES string of the molecule is c1ccc(-c2ccc(N(c3ccc(-c4ccccc4)cc3)c3cccc(-c4ccc(-n5c6ccccc6c6c7c(-c8ccccc8)cccc7ccc65)cc4)c3)cc2)cc1. The summed E-state index contributed by atoms with van der Waals surface area (Å²) in [4.78, 5) is 2.35. The molecule has 0 saturated heterocycles. The van der Waals surface area contributed by atoms with E-state index in [1.165, 1.54) is 66.0 Å². The van der Waals surface area contributed by atoms with Gasteiger partial charge in [-0.05, 0) is 116 Å². The lowest BCUT2D eigenvalue weighted by Crippen LogP contribution is -2.10. The zero-order valence-electron chi connectivity index (χ0n) is 33.0. The molecule has 60 heavy (non-hydrogen) atoms. The standard InChI is InChI=1S/C58H40N2/c1-4-14-41(15-5-1)43-26-33-49(34-27-43)59(50-35-28-44(29-36-50)42-16-6-2-7-17-42)52-22-12-21-48(40-52)45-30-37-51(38-31-45)60-55-25-11-10-23-54(55)58-56(60)39-32-47-20-13-24-53(57(47)58)46-18-8-3-9-19-46/h1-40H. The van der Waals surface area contributed by atoms with E-state index in [2.05, 4.69) is 252 Å². The fourth-order valence-corrected chi connectivity index (χ4v) is 8.92. The largest absolute Gasteiger partial charge is 0.310 e. The lowest BCUT2D eigenvalue weighted by molar-refractivity contribution is 1.18. The van der Waals surface area contributed by atoms with Crippen LogP contribution in [0.25, 0.3) is 82.8 Å². The van der Waals surface area contributed by atoms with Crippen LogP contribution >= 0.6 is 0 Å². The van der Waals surface area contributed by atoms with Gasteiger partial charge in [0.2, 0.25) is 0 Å². The summed E-state index contributed by atoms with van der Waals surface area (Å²) in [5.74, 6) is 0. The predicted molar refractivity (Wildman–Crippen MR) is 255 cm³/mol. The summed E-state index contributed by atoms with van der Waals surface area (Å²) in [6, 6.07) is 87.7. The first-order valence-corrected chi connectivity index (χ1v) is 20.6. The second kappa shape index (κ2) is 15.1. The summed E-state index contributed by atoms with van der Waals surface area (Å²) in [5, 5.41) is 5.08. The van der Waals surface area contributed by atoms with Crippen molar-refractivity contribution in [2.24, 2.45) is 0 Å². The first-order valence-electron chi connectivity index (χ1n) is 20.6. The smallest absolute Gasteiger partial charge is 0.0547 e. The van der Waals surface area contributed by atoms with Gasteiger partial charge in [-0.1, -0.05) is 182 Å². The van der Waals surface area contributed by atoms with Gasteiger partial charge in [0.1, 0.15) is 0 Å². The minimum absolute atomic E-state index is 1.10. The van der Waals surface area contributed by atoms with Gasteiger partial charge in [0.15, 0.2) is 0 Å². The van der Waals surface area contributed by atoms with Crippen molar-refractivity contribution < 1.29 is 0 Å². The van der Waals surface area contributed by atoms with Crippen LogP contribution in [0.3, 0.4) is 0 Å². The molecule has 0 saturated carbocycles. The van der Waals surface area contributed by atoms with E-state index in [9.17, 15) is 0 Å². The van der Waals surface area contributed by atoms with E-state index in [4.69, 9.17) is 0 Å². The number of hydrogen-bond acceptors (Lipinski definition) is 1. The summed E-state index contributed by atoms with van der Waals surface area (Å²) in [7, 11) is 0. The van der Waals surface area contributed by atoms with Crippen molar-refractivity contribution in [2.45, 2.75) is 0 Å². The number of anilines is 3. The zero-order chi connectivity index (χ0) is 39.8. The Morgan fingerprint density at radius 3 is 1.42 bits per heavy atom. The van der Waals surface area contributed by atoms with E-state index < -0.39 is 0 Å². The molecule has 11 rings (SSSR count). The van der Waals surface area contributed by atoms with Crippen molar-refractivity contribution in [2.75, 3.05) is 4.90 Å². The Hall–Kier alpha value is -7.94. The fraction of sp³-hybridized carbons (Fsp3) is 0. The van der Waals surface area contributed by atoms with Crippen molar-refractivity contribution in [3.05, 3.63) is 243 Å². The van der Waals surface area contributed by atoms with Gasteiger partial charge in [-0.2, -0.15) is 0 Å². The van der Waals surface area contributed by atoms with Gasteiger partial charge in [-0.25, -0.2) is 0 Å². The van der Waals surface area contributed by atoms with Gasteiger partial charge in [0, 0.05) is 33.5 Å². The summed E-state index contributed by atoms with van der Waals surface area (Å²) in [5.41, 5.74) is 16.4. The average Bonchev–Trinajstić information content (AvgIpc) is 3.67. The van der Waals surface area contributed by atoms with E-state index in [0.29, 0.717) is 0 Å². The maximum absolute atomic E-state index is 2.42. The van der Waals surface area contributed by atoms with Gasteiger partial charge >= 0.3 is 0 Å². The third-order valence-corrected chi connectivity index (χ3v) is 11.8. The highest BCUT2D eigenvalue weighted by Gasteiger charge is 2.18. The lowest BCUT2D eigenvalue weighted by Gasteiger charge is -2.26. The first kappa shape index (κ1) is 35.2. The number of rotatable bonds is 8. The average molecular weight is 765 g/mol. The number of para-hydroxylation sites is 1. The van der Waals surface area contributed by atoms with Crippen molar-refractivity contribution in [3.8, 4) is 50.2 Å². The van der Waals surface area contributed by atoms with Crippen LogP contribution in [-0.4, -0.2) is 4.57 Å². The van der Waals surface area contributed by atoms with Crippen LogP contribution < -0.4 is 4.90 Å². The van der Waals surface area contributed by atoms with E-state index in [-0.39, 0.29) is 0 Å². The number of nitrogens with zero attached hydrogens (tertiary/aromatic N) is 2. The molecular weight excluding hydrogens is 725 g/mol. The summed E-state index contributed by atoms with van der Waals surface area (Å²) in [6.07, 6.45) is 0. The van der Waals surface area contributed by atoms with E-state index in [1.54, 1.807) is 0 Å². The predicted octanol–water partition coefficient (Wildman–Crippen LogP) is 16.1. The molecule has 0 amide bonds. The summed E-state index contributed by atoms with van der Waals surface area (Å²) >= 11 is 0. The molecule has 11 aromatic rings. The molecule has 0 radical (unpaired) electrons. The van der Waals surface area contributed by atoms with Gasteiger partial charge < -0.3 is 9.47 Å². The van der Waals surface area contributed by atoms with Crippen molar-refractivity contribution in [1.29, 1.82) is 0 Å². The molecular formula is C58H40N2. The number of aromatic nitrogens is 1. The number of fused-ring (bicyclic) bond motifs is 5. The lowest BCUT2D eigenvalue weighted by atomic mass is 9.94. The molecule has 10 aromatic carbocycles. The minimum atomic E-state index is 1.10. The minimum Gasteiger partial charge on any atom is -0.310 e. The highest BCUT2D eigenvalue weighted by molar-refractivity contribution is 6.24.